The van der Waals surface area contributed by atoms with Crippen molar-refractivity contribution in [1.82, 2.24) is 4.98 Å². The van der Waals surface area contributed by atoms with E-state index in [0.717, 1.165) is 24.8 Å². The van der Waals surface area contributed by atoms with E-state index in [2.05, 4.69) is 10.3 Å². The van der Waals surface area contributed by atoms with E-state index in [0.29, 0.717) is 12.4 Å². The summed E-state index contributed by atoms with van der Waals surface area (Å²) in [5.41, 5.74) is 6.44. The van der Waals surface area contributed by atoms with Gasteiger partial charge in [0.25, 0.3) is 0 Å². The quantitative estimate of drug-likeness (QED) is 0.781. The molecule has 0 saturated heterocycles. The van der Waals surface area contributed by atoms with Gasteiger partial charge in [-0.05, 0) is 18.9 Å². The Morgan fingerprint density at radius 1 is 1.60 bits per heavy atom. The summed E-state index contributed by atoms with van der Waals surface area (Å²) >= 11 is 0. The van der Waals surface area contributed by atoms with Gasteiger partial charge in [-0.2, -0.15) is 0 Å². The van der Waals surface area contributed by atoms with E-state index in [-0.39, 0.29) is 11.8 Å². The lowest BCUT2D eigenvalue weighted by atomic mass is 9.85. The number of carbonyl (C=O) groups excluding carboxylic acids is 1. The van der Waals surface area contributed by atoms with Gasteiger partial charge in [0, 0.05) is 24.2 Å². The number of hydrogen-bond donors (Lipinski definition) is 2. The van der Waals surface area contributed by atoms with Crippen LogP contribution in [0.3, 0.4) is 0 Å². The monoisotopic (exact) mass is 205 g/mol. The van der Waals surface area contributed by atoms with E-state index < -0.39 is 0 Å². The number of rotatable bonds is 3. The van der Waals surface area contributed by atoms with E-state index in [4.69, 9.17) is 5.73 Å². The van der Waals surface area contributed by atoms with Crippen molar-refractivity contribution < 1.29 is 4.79 Å². The molecule has 2 rings (SSSR count). The smallest absolute Gasteiger partial charge is 0.228 e. The minimum absolute atomic E-state index is 0.0784. The van der Waals surface area contributed by atoms with Crippen LogP contribution in [0.5, 0.6) is 0 Å². The number of aromatic nitrogens is 1. The highest BCUT2D eigenvalue weighted by Crippen LogP contribution is 2.27. The fourth-order valence-electron chi connectivity index (χ4n) is 1.61. The summed E-state index contributed by atoms with van der Waals surface area (Å²) in [6.45, 7) is 0.397. The Morgan fingerprint density at radius 3 is 3.00 bits per heavy atom. The molecule has 0 bridgehead atoms. The highest BCUT2D eigenvalue weighted by molar-refractivity contribution is 5.92. The highest BCUT2D eigenvalue weighted by Gasteiger charge is 2.25. The van der Waals surface area contributed by atoms with Crippen molar-refractivity contribution in [3.05, 3.63) is 23.9 Å². The molecule has 1 aromatic rings. The van der Waals surface area contributed by atoms with Crippen LogP contribution in [0.15, 0.2) is 18.3 Å². The van der Waals surface area contributed by atoms with Crippen LogP contribution in [-0.2, 0) is 11.3 Å². The van der Waals surface area contributed by atoms with Crippen molar-refractivity contribution in [3.63, 3.8) is 0 Å². The standard InChI is InChI=1S/C11H15N3O/c12-7-9-5-2-6-13-10(9)14-11(15)8-3-1-4-8/h2,5-6,8H,1,3-4,7,12H2,(H,13,14,15). The second kappa shape index (κ2) is 4.40. The Labute approximate surface area is 88.9 Å². The Hall–Kier alpha value is -1.42. The molecule has 0 spiro atoms. The zero-order valence-electron chi connectivity index (χ0n) is 8.57. The zero-order chi connectivity index (χ0) is 10.7. The molecule has 0 unspecified atom stereocenters. The van der Waals surface area contributed by atoms with Crippen LogP contribution in [0.25, 0.3) is 0 Å². The molecule has 80 valence electrons. The van der Waals surface area contributed by atoms with Crippen molar-refractivity contribution in [1.29, 1.82) is 0 Å². The minimum Gasteiger partial charge on any atom is -0.326 e. The van der Waals surface area contributed by atoms with Crippen LogP contribution in [-0.4, -0.2) is 10.9 Å². The maximum atomic E-state index is 11.7. The number of pyridine rings is 1. The summed E-state index contributed by atoms with van der Waals surface area (Å²) in [7, 11) is 0. The van der Waals surface area contributed by atoms with Gasteiger partial charge < -0.3 is 11.1 Å². The largest absolute Gasteiger partial charge is 0.326 e. The van der Waals surface area contributed by atoms with Crippen LogP contribution >= 0.6 is 0 Å². The maximum Gasteiger partial charge on any atom is 0.228 e. The Bertz CT molecular complexity index is 361. The molecule has 1 heterocycles. The lowest BCUT2D eigenvalue weighted by Gasteiger charge is -2.24. The van der Waals surface area contributed by atoms with Gasteiger partial charge in [0.15, 0.2) is 0 Å². The fourth-order valence-corrected chi connectivity index (χ4v) is 1.61. The average molecular weight is 205 g/mol. The molecule has 15 heavy (non-hydrogen) atoms. The molecule has 1 aliphatic carbocycles. The van der Waals surface area contributed by atoms with Gasteiger partial charge in [0.2, 0.25) is 5.91 Å². The molecule has 1 saturated carbocycles. The summed E-state index contributed by atoms with van der Waals surface area (Å²) in [6.07, 6.45) is 4.81. The predicted octanol–water partition coefficient (Wildman–Crippen LogP) is 1.28. The Morgan fingerprint density at radius 2 is 2.40 bits per heavy atom. The summed E-state index contributed by atoms with van der Waals surface area (Å²) in [4.78, 5) is 15.8. The molecule has 4 nitrogen and oxygen atoms in total. The summed E-state index contributed by atoms with van der Waals surface area (Å²) in [5, 5.41) is 2.83. The van der Waals surface area contributed by atoms with Crippen molar-refractivity contribution in [2.75, 3.05) is 5.32 Å². The van der Waals surface area contributed by atoms with E-state index >= 15 is 0 Å². The third-order valence-electron chi connectivity index (χ3n) is 2.83. The molecule has 1 fully saturated rings. The minimum atomic E-state index is 0.0784. The maximum absolute atomic E-state index is 11.7. The van der Waals surface area contributed by atoms with E-state index in [9.17, 15) is 4.79 Å². The fraction of sp³-hybridized carbons (Fsp3) is 0.455. The SMILES string of the molecule is NCc1cccnc1NC(=O)C1CCC1. The number of nitrogens with one attached hydrogen (secondary N) is 1. The molecule has 0 aromatic carbocycles. The summed E-state index contributed by atoms with van der Waals surface area (Å²) < 4.78 is 0. The first-order valence-corrected chi connectivity index (χ1v) is 5.26. The predicted molar refractivity (Wildman–Crippen MR) is 58.1 cm³/mol. The van der Waals surface area contributed by atoms with Crippen molar-refractivity contribution in [2.45, 2.75) is 25.8 Å². The molecule has 1 aromatic heterocycles. The first-order valence-electron chi connectivity index (χ1n) is 5.26. The van der Waals surface area contributed by atoms with E-state index in [1.165, 1.54) is 0 Å². The van der Waals surface area contributed by atoms with Gasteiger partial charge in [-0.15, -0.1) is 0 Å². The van der Waals surface area contributed by atoms with Crippen LogP contribution in [0, 0.1) is 5.92 Å². The lowest BCUT2D eigenvalue weighted by molar-refractivity contribution is -0.122. The first kappa shape index (κ1) is 10.1. The Balaban J connectivity index is 2.05. The van der Waals surface area contributed by atoms with Crippen LogP contribution in [0.4, 0.5) is 5.82 Å². The number of anilines is 1. The molecular formula is C11H15N3O. The lowest BCUT2D eigenvalue weighted by Crippen LogP contribution is -2.29. The number of nitrogens with zero attached hydrogens (tertiary/aromatic N) is 1. The first-order chi connectivity index (χ1) is 7.31. The van der Waals surface area contributed by atoms with Gasteiger partial charge in [-0.25, -0.2) is 4.98 Å². The van der Waals surface area contributed by atoms with Gasteiger partial charge in [0.1, 0.15) is 5.82 Å². The molecular weight excluding hydrogens is 190 g/mol. The topological polar surface area (TPSA) is 68.0 Å². The zero-order valence-corrected chi connectivity index (χ0v) is 8.57. The molecule has 4 heteroatoms. The van der Waals surface area contributed by atoms with E-state index in [1.807, 2.05) is 12.1 Å². The molecule has 0 atom stereocenters. The van der Waals surface area contributed by atoms with Crippen LogP contribution in [0.1, 0.15) is 24.8 Å². The molecule has 1 aliphatic rings. The molecule has 3 N–H and O–H groups in total. The number of carbonyl (C=O) groups is 1. The van der Waals surface area contributed by atoms with E-state index in [1.54, 1.807) is 6.20 Å². The number of hydrogen-bond acceptors (Lipinski definition) is 3. The van der Waals surface area contributed by atoms with Crippen LogP contribution in [0.2, 0.25) is 0 Å². The van der Waals surface area contributed by atoms with Crippen molar-refractivity contribution in [2.24, 2.45) is 11.7 Å². The van der Waals surface area contributed by atoms with Gasteiger partial charge in [-0.3, -0.25) is 4.79 Å². The molecule has 0 aliphatic heterocycles. The van der Waals surface area contributed by atoms with Gasteiger partial charge in [0.05, 0.1) is 0 Å². The second-order valence-corrected chi connectivity index (χ2v) is 3.83. The normalized spacial score (nSPS) is 15.8. The summed E-state index contributed by atoms with van der Waals surface area (Å²) in [6, 6.07) is 3.70. The third kappa shape index (κ3) is 2.15. The second-order valence-electron chi connectivity index (χ2n) is 3.83. The van der Waals surface area contributed by atoms with Gasteiger partial charge in [-0.1, -0.05) is 12.5 Å². The van der Waals surface area contributed by atoms with Crippen molar-refractivity contribution >= 4 is 11.7 Å². The van der Waals surface area contributed by atoms with Gasteiger partial charge >= 0.3 is 0 Å². The molecule has 1 amide bonds. The Kier molecular flexibility index (Phi) is 2.97. The number of nitrogens with two attached hydrogens (primary N) is 1. The van der Waals surface area contributed by atoms with Crippen LogP contribution < -0.4 is 11.1 Å². The van der Waals surface area contributed by atoms with Crippen molar-refractivity contribution in [3.8, 4) is 0 Å². The third-order valence-corrected chi connectivity index (χ3v) is 2.83. The average Bonchev–Trinajstić information content (AvgIpc) is 2.15. The summed E-state index contributed by atoms with van der Waals surface area (Å²) in [5.74, 6) is 0.865. The number of amides is 1. The molecule has 0 radical (unpaired) electrons. The highest BCUT2D eigenvalue weighted by atomic mass is 16.2.